The fourth-order valence-corrected chi connectivity index (χ4v) is 2.23. The molecule has 0 N–H and O–H groups in total. The third-order valence-corrected chi connectivity index (χ3v) is 3.67. The maximum atomic E-state index is 6.55. The topological polar surface area (TPSA) is 9.23 Å². The van der Waals surface area contributed by atoms with Gasteiger partial charge in [-0.1, -0.05) is 59.6 Å². The minimum Gasteiger partial charge on any atom is -0.360 e. The Morgan fingerprint density at radius 3 is 1.88 bits per heavy atom. The van der Waals surface area contributed by atoms with Crippen molar-refractivity contribution in [2.75, 3.05) is 6.61 Å². The summed E-state index contributed by atoms with van der Waals surface area (Å²) in [4.78, 5) is 0. The Morgan fingerprint density at radius 2 is 1.50 bits per heavy atom. The minimum atomic E-state index is -0.574. The summed E-state index contributed by atoms with van der Waals surface area (Å²) in [5, 5.41) is -0.574. The number of ether oxygens (including phenoxy) is 1. The average molecular weight is 249 g/mol. The third kappa shape index (κ3) is 5.54. The van der Waals surface area contributed by atoms with Gasteiger partial charge in [0.25, 0.3) is 0 Å². The second-order valence-corrected chi connectivity index (χ2v) is 7.46. The van der Waals surface area contributed by atoms with Crippen LogP contribution in [0.2, 0.25) is 0 Å². The van der Waals surface area contributed by atoms with Gasteiger partial charge in [-0.25, -0.2) is 0 Å². The van der Waals surface area contributed by atoms with Gasteiger partial charge >= 0.3 is 0 Å². The molecule has 0 aromatic carbocycles. The first-order chi connectivity index (χ1) is 7.02. The molecule has 0 bridgehead atoms. The Bertz CT molecular complexity index is 201. The molecule has 0 aliphatic carbocycles. The van der Waals surface area contributed by atoms with E-state index in [-0.39, 0.29) is 10.8 Å². The first-order valence-electron chi connectivity index (χ1n) is 6.35. The molecule has 0 rings (SSSR count). The maximum Gasteiger partial charge on any atom is 0.144 e. The SMILES string of the molecule is CCCCOC(C)(Cl)C(C)(C)CC(C)(C)C. The van der Waals surface area contributed by atoms with E-state index in [2.05, 4.69) is 41.5 Å². The van der Waals surface area contributed by atoms with Gasteiger partial charge in [0.15, 0.2) is 0 Å². The molecule has 0 heterocycles. The molecule has 98 valence electrons. The average Bonchev–Trinajstić information content (AvgIpc) is 1.99. The predicted octanol–water partition coefficient (Wildman–Crippen LogP) is 5.22. The van der Waals surface area contributed by atoms with Crippen molar-refractivity contribution >= 4 is 11.6 Å². The number of rotatable bonds is 6. The summed E-state index contributed by atoms with van der Waals surface area (Å²) in [5.74, 6) is 0. The van der Waals surface area contributed by atoms with Crippen LogP contribution in [0.3, 0.4) is 0 Å². The van der Waals surface area contributed by atoms with E-state index in [1.165, 1.54) is 0 Å². The quantitative estimate of drug-likeness (QED) is 0.463. The van der Waals surface area contributed by atoms with E-state index < -0.39 is 5.06 Å². The number of hydrogen-bond acceptors (Lipinski definition) is 1. The summed E-state index contributed by atoms with van der Waals surface area (Å²) in [6, 6.07) is 0. The zero-order valence-electron chi connectivity index (χ0n) is 12.1. The second-order valence-electron chi connectivity index (χ2n) is 6.74. The molecule has 1 nitrogen and oxygen atoms in total. The Labute approximate surface area is 107 Å². The molecule has 0 aromatic rings. The molecule has 0 spiro atoms. The lowest BCUT2D eigenvalue weighted by Crippen LogP contribution is -2.42. The van der Waals surface area contributed by atoms with E-state index in [1.54, 1.807) is 0 Å². The summed E-state index contributed by atoms with van der Waals surface area (Å²) in [5.41, 5.74) is 0.244. The fourth-order valence-electron chi connectivity index (χ4n) is 2.09. The lowest BCUT2D eigenvalue weighted by atomic mass is 9.73. The van der Waals surface area contributed by atoms with E-state index in [4.69, 9.17) is 16.3 Å². The van der Waals surface area contributed by atoms with E-state index in [1.807, 2.05) is 6.92 Å². The molecular formula is C14H29ClO. The highest BCUT2D eigenvalue weighted by Crippen LogP contribution is 2.45. The fraction of sp³-hybridized carbons (Fsp3) is 1.00. The van der Waals surface area contributed by atoms with Gasteiger partial charge in [-0.2, -0.15) is 0 Å². The first-order valence-corrected chi connectivity index (χ1v) is 6.72. The summed E-state index contributed by atoms with van der Waals surface area (Å²) in [6.45, 7) is 16.0. The van der Waals surface area contributed by atoms with Crippen molar-refractivity contribution in [3.05, 3.63) is 0 Å². The van der Waals surface area contributed by atoms with E-state index in [0.717, 1.165) is 25.9 Å². The van der Waals surface area contributed by atoms with Crippen molar-refractivity contribution in [2.24, 2.45) is 10.8 Å². The van der Waals surface area contributed by atoms with Gasteiger partial charge in [-0.3, -0.25) is 0 Å². The van der Waals surface area contributed by atoms with Gasteiger partial charge < -0.3 is 4.74 Å². The molecule has 0 fully saturated rings. The summed E-state index contributed by atoms with van der Waals surface area (Å²) < 4.78 is 5.85. The van der Waals surface area contributed by atoms with E-state index in [9.17, 15) is 0 Å². The van der Waals surface area contributed by atoms with Crippen LogP contribution in [0.1, 0.15) is 67.7 Å². The monoisotopic (exact) mass is 248 g/mol. The summed E-state index contributed by atoms with van der Waals surface area (Å²) in [7, 11) is 0. The summed E-state index contributed by atoms with van der Waals surface area (Å²) >= 11 is 6.55. The van der Waals surface area contributed by atoms with Crippen LogP contribution >= 0.6 is 11.6 Å². The van der Waals surface area contributed by atoms with Crippen molar-refractivity contribution < 1.29 is 4.74 Å². The highest BCUT2D eigenvalue weighted by Gasteiger charge is 2.42. The highest BCUT2D eigenvalue weighted by atomic mass is 35.5. The largest absolute Gasteiger partial charge is 0.360 e. The van der Waals surface area contributed by atoms with E-state index >= 15 is 0 Å². The Hall–Kier alpha value is 0.250. The van der Waals surface area contributed by atoms with Crippen LogP contribution < -0.4 is 0 Å². The van der Waals surface area contributed by atoms with Crippen LogP contribution in [0.25, 0.3) is 0 Å². The first kappa shape index (κ1) is 16.2. The standard InChI is InChI=1S/C14H29ClO/c1-8-9-10-16-14(7,15)13(5,6)11-12(2,3)4/h8-11H2,1-7H3. The van der Waals surface area contributed by atoms with Crippen molar-refractivity contribution in [2.45, 2.75) is 72.8 Å². The van der Waals surface area contributed by atoms with Crippen LogP contribution in [0.5, 0.6) is 0 Å². The highest BCUT2D eigenvalue weighted by molar-refractivity contribution is 6.23. The van der Waals surface area contributed by atoms with Crippen molar-refractivity contribution in [1.29, 1.82) is 0 Å². The summed E-state index contributed by atoms with van der Waals surface area (Å²) in [6.07, 6.45) is 3.27. The van der Waals surface area contributed by atoms with Crippen LogP contribution in [0.15, 0.2) is 0 Å². The Morgan fingerprint density at radius 1 is 1.00 bits per heavy atom. The number of halogens is 1. The van der Waals surface area contributed by atoms with Crippen LogP contribution in [-0.4, -0.2) is 11.7 Å². The Balaban J connectivity index is 4.45. The molecule has 0 aromatic heterocycles. The van der Waals surface area contributed by atoms with E-state index in [0.29, 0.717) is 0 Å². The zero-order chi connectivity index (χ0) is 13.0. The van der Waals surface area contributed by atoms with Crippen molar-refractivity contribution in [1.82, 2.24) is 0 Å². The minimum absolute atomic E-state index is 0.0272. The smallest absolute Gasteiger partial charge is 0.144 e. The van der Waals surface area contributed by atoms with Gasteiger partial charge in [-0.05, 0) is 25.2 Å². The normalized spacial score (nSPS) is 17.2. The van der Waals surface area contributed by atoms with Crippen LogP contribution in [-0.2, 0) is 4.74 Å². The lowest BCUT2D eigenvalue weighted by molar-refractivity contribution is -0.0640. The van der Waals surface area contributed by atoms with Gasteiger partial charge in [0, 0.05) is 12.0 Å². The van der Waals surface area contributed by atoms with Gasteiger partial charge in [-0.15, -0.1) is 0 Å². The number of alkyl halides is 1. The maximum absolute atomic E-state index is 6.55. The van der Waals surface area contributed by atoms with Crippen LogP contribution in [0, 0.1) is 10.8 Å². The number of hydrogen-bond donors (Lipinski definition) is 0. The molecule has 0 radical (unpaired) electrons. The van der Waals surface area contributed by atoms with Gasteiger partial charge in [0.2, 0.25) is 0 Å². The third-order valence-electron chi connectivity index (χ3n) is 3.05. The molecule has 0 amide bonds. The Kier molecular flexibility index (Phi) is 5.82. The van der Waals surface area contributed by atoms with Gasteiger partial charge in [0.1, 0.15) is 5.06 Å². The number of unbranched alkanes of at least 4 members (excludes halogenated alkanes) is 1. The lowest BCUT2D eigenvalue weighted by Gasteiger charge is -2.43. The molecule has 1 atom stereocenters. The second kappa shape index (κ2) is 5.73. The molecule has 1 unspecified atom stereocenters. The van der Waals surface area contributed by atoms with Crippen LogP contribution in [0.4, 0.5) is 0 Å². The molecule has 0 saturated carbocycles. The molecule has 0 aliphatic heterocycles. The van der Waals surface area contributed by atoms with Gasteiger partial charge in [0.05, 0.1) is 0 Å². The molecule has 0 aliphatic rings. The predicted molar refractivity (Wildman–Crippen MR) is 73.0 cm³/mol. The van der Waals surface area contributed by atoms with Crippen molar-refractivity contribution in [3.63, 3.8) is 0 Å². The molecule has 16 heavy (non-hydrogen) atoms. The molecular weight excluding hydrogens is 220 g/mol. The van der Waals surface area contributed by atoms with Crippen molar-refractivity contribution in [3.8, 4) is 0 Å². The molecule has 0 saturated heterocycles. The zero-order valence-corrected chi connectivity index (χ0v) is 12.9. The molecule has 2 heteroatoms.